The van der Waals surface area contributed by atoms with Crippen molar-refractivity contribution < 1.29 is 14.3 Å². The van der Waals surface area contributed by atoms with E-state index in [9.17, 15) is 4.79 Å². The molecule has 140 valence electrons. The quantitative estimate of drug-likeness (QED) is 0.798. The molecular weight excluding hydrogens is 334 g/mol. The van der Waals surface area contributed by atoms with Crippen LogP contribution in [-0.2, 0) is 17.8 Å². The second-order valence-corrected chi connectivity index (χ2v) is 6.28. The molecule has 0 radical (unpaired) electrons. The van der Waals surface area contributed by atoms with E-state index >= 15 is 0 Å². The van der Waals surface area contributed by atoms with Gasteiger partial charge in [0.2, 0.25) is 0 Å². The van der Waals surface area contributed by atoms with Crippen molar-refractivity contribution in [2.45, 2.75) is 32.5 Å². The second kappa shape index (κ2) is 8.66. The smallest absolute Gasteiger partial charge is 0.318 e. The maximum atomic E-state index is 12.7. The summed E-state index contributed by atoms with van der Waals surface area (Å²) >= 11 is 0. The van der Waals surface area contributed by atoms with Gasteiger partial charge in [0, 0.05) is 25.8 Å². The van der Waals surface area contributed by atoms with Crippen LogP contribution in [0.2, 0.25) is 0 Å². The molecule has 1 aliphatic heterocycles. The predicted molar refractivity (Wildman–Crippen MR) is 95.8 cm³/mol. The van der Waals surface area contributed by atoms with Crippen molar-refractivity contribution in [1.29, 1.82) is 0 Å². The lowest BCUT2D eigenvalue weighted by Crippen LogP contribution is -2.42. The number of aryl methyl sites for hydroxylation is 1. The van der Waals surface area contributed by atoms with Gasteiger partial charge in [-0.1, -0.05) is 18.2 Å². The minimum absolute atomic E-state index is 0.135. The van der Waals surface area contributed by atoms with E-state index in [0.29, 0.717) is 26.3 Å². The molecule has 0 fully saturated rings. The predicted octanol–water partition coefficient (Wildman–Crippen LogP) is 1.98. The number of hydrogen-bond donors (Lipinski definition) is 1. The summed E-state index contributed by atoms with van der Waals surface area (Å²) in [7, 11) is 1.68. The third-order valence-electron chi connectivity index (χ3n) is 4.36. The standard InChI is InChI=1S/C18H25N5O3/c1-14(17-21-19-13-23(17)8-5-10-25-2)20-18(24)22-9-11-26-16-7-4-3-6-15(16)12-22/h3-4,6-7,13-14H,5,8-12H2,1-2H3,(H,20,24)/t14-/m1/s1. The molecule has 2 aromatic rings. The third-order valence-corrected chi connectivity index (χ3v) is 4.36. The molecule has 1 atom stereocenters. The summed E-state index contributed by atoms with van der Waals surface area (Å²) in [5.74, 6) is 1.58. The summed E-state index contributed by atoms with van der Waals surface area (Å²) in [5, 5.41) is 11.2. The van der Waals surface area contributed by atoms with Crippen molar-refractivity contribution in [3.63, 3.8) is 0 Å². The van der Waals surface area contributed by atoms with E-state index in [1.54, 1.807) is 18.3 Å². The van der Waals surface area contributed by atoms with E-state index in [-0.39, 0.29) is 12.1 Å². The van der Waals surface area contributed by atoms with Crippen LogP contribution in [0.1, 0.15) is 30.8 Å². The number of para-hydroxylation sites is 1. The first-order valence-electron chi connectivity index (χ1n) is 8.82. The lowest BCUT2D eigenvalue weighted by atomic mass is 10.2. The number of hydrogen-bond acceptors (Lipinski definition) is 5. The van der Waals surface area contributed by atoms with Crippen molar-refractivity contribution in [2.75, 3.05) is 26.9 Å². The van der Waals surface area contributed by atoms with Crippen LogP contribution in [0.4, 0.5) is 4.79 Å². The van der Waals surface area contributed by atoms with Crippen molar-refractivity contribution in [2.24, 2.45) is 0 Å². The van der Waals surface area contributed by atoms with E-state index < -0.39 is 0 Å². The number of rotatable bonds is 6. The molecular formula is C18H25N5O3. The zero-order valence-electron chi connectivity index (χ0n) is 15.2. The summed E-state index contributed by atoms with van der Waals surface area (Å²) in [5.41, 5.74) is 1.01. The Morgan fingerprint density at radius 1 is 1.42 bits per heavy atom. The Bertz CT molecular complexity index is 733. The lowest BCUT2D eigenvalue weighted by molar-refractivity contribution is 0.183. The van der Waals surface area contributed by atoms with Gasteiger partial charge in [-0.15, -0.1) is 10.2 Å². The fourth-order valence-corrected chi connectivity index (χ4v) is 2.99. The van der Waals surface area contributed by atoms with Crippen LogP contribution in [0.25, 0.3) is 0 Å². The van der Waals surface area contributed by atoms with Crippen LogP contribution in [0.3, 0.4) is 0 Å². The number of ether oxygens (including phenoxy) is 2. The van der Waals surface area contributed by atoms with Gasteiger partial charge in [0.05, 0.1) is 19.1 Å². The minimum Gasteiger partial charge on any atom is -0.491 e. The summed E-state index contributed by atoms with van der Waals surface area (Å²) in [6.45, 7) is 4.87. The average molecular weight is 359 g/mol. The summed E-state index contributed by atoms with van der Waals surface area (Å²) in [6.07, 6.45) is 2.55. The first kappa shape index (κ1) is 18.2. The topological polar surface area (TPSA) is 81.5 Å². The molecule has 1 aromatic carbocycles. The molecule has 2 amide bonds. The number of carbonyl (C=O) groups is 1. The number of urea groups is 1. The third kappa shape index (κ3) is 4.32. The molecule has 0 bridgehead atoms. The van der Waals surface area contributed by atoms with Crippen molar-refractivity contribution in [3.8, 4) is 5.75 Å². The van der Waals surface area contributed by atoms with Gasteiger partial charge in [-0.05, 0) is 19.4 Å². The van der Waals surface area contributed by atoms with Crippen LogP contribution >= 0.6 is 0 Å². The number of carbonyl (C=O) groups excluding carboxylic acids is 1. The number of methoxy groups -OCH3 is 1. The Hall–Kier alpha value is -2.61. The number of nitrogens with zero attached hydrogens (tertiary/aromatic N) is 4. The monoisotopic (exact) mass is 359 g/mol. The first-order chi connectivity index (χ1) is 12.7. The molecule has 1 aromatic heterocycles. The van der Waals surface area contributed by atoms with Gasteiger partial charge < -0.3 is 24.3 Å². The van der Waals surface area contributed by atoms with Crippen molar-refractivity contribution in [3.05, 3.63) is 42.0 Å². The van der Waals surface area contributed by atoms with Gasteiger partial charge in [-0.2, -0.15) is 0 Å². The minimum atomic E-state index is -0.244. The van der Waals surface area contributed by atoms with Crippen molar-refractivity contribution in [1.82, 2.24) is 25.0 Å². The largest absolute Gasteiger partial charge is 0.491 e. The van der Waals surface area contributed by atoms with Crippen LogP contribution in [0.15, 0.2) is 30.6 Å². The van der Waals surface area contributed by atoms with Gasteiger partial charge in [-0.3, -0.25) is 0 Å². The molecule has 8 heteroatoms. The van der Waals surface area contributed by atoms with E-state index in [4.69, 9.17) is 9.47 Å². The van der Waals surface area contributed by atoms with Crippen molar-refractivity contribution >= 4 is 6.03 Å². The lowest BCUT2D eigenvalue weighted by Gasteiger charge is -2.23. The Kier molecular flexibility index (Phi) is 6.06. The number of fused-ring (bicyclic) bond motifs is 1. The van der Waals surface area contributed by atoms with E-state index in [2.05, 4.69) is 15.5 Å². The zero-order chi connectivity index (χ0) is 18.4. The van der Waals surface area contributed by atoms with Gasteiger partial charge in [0.25, 0.3) is 0 Å². The highest BCUT2D eigenvalue weighted by atomic mass is 16.5. The van der Waals surface area contributed by atoms with Crippen LogP contribution in [0, 0.1) is 0 Å². The van der Waals surface area contributed by atoms with Crippen LogP contribution in [0.5, 0.6) is 5.75 Å². The maximum Gasteiger partial charge on any atom is 0.318 e. The van der Waals surface area contributed by atoms with Gasteiger partial charge in [0.15, 0.2) is 5.82 Å². The molecule has 3 rings (SSSR count). The number of aromatic nitrogens is 3. The number of amides is 2. The highest BCUT2D eigenvalue weighted by molar-refractivity contribution is 5.74. The van der Waals surface area contributed by atoms with E-state index in [1.165, 1.54) is 0 Å². The zero-order valence-corrected chi connectivity index (χ0v) is 15.2. The summed E-state index contributed by atoms with van der Waals surface area (Å²) < 4.78 is 12.8. The summed E-state index contributed by atoms with van der Waals surface area (Å²) in [4.78, 5) is 14.5. The molecule has 0 saturated heterocycles. The molecule has 8 nitrogen and oxygen atoms in total. The fourth-order valence-electron chi connectivity index (χ4n) is 2.99. The number of nitrogens with one attached hydrogen (secondary N) is 1. The Morgan fingerprint density at radius 3 is 3.12 bits per heavy atom. The highest BCUT2D eigenvalue weighted by Gasteiger charge is 2.22. The van der Waals surface area contributed by atoms with Gasteiger partial charge in [-0.25, -0.2) is 4.79 Å². The second-order valence-electron chi connectivity index (χ2n) is 6.28. The van der Waals surface area contributed by atoms with E-state index in [0.717, 1.165) is 30.1 Å². The molecule has 1 aliphatic rings. The van der Waals surface area contributed by atoms with Gasteiger partial charge >= 0.3 is 6.03 Å². The Labute approximate surface area is 153 Å². The molecule has 0 spiro atoms. The molecule has 1 N–H and O–H groups in total. The Balaban J connectivity index is 1.62. The van der Waals surface area contributed by atoms with Gasteiger partial charge in [0.1, 0.15) is 18.7 Å². The SMILES string of the molecule is COCCCn1cnnc1[C@@H](C)NC(=O)N1CCOc2ccccc2C1. The van der Waals surface area contributed by atoms with Crippen LogP contribution < -0.4 is 10.1 Å². The highest BCUT2D eigenvalue weighted by Crippen LogP contribution is 2.22. The maximum absolute atomic E-state index is 12.7. The Morgan fingerprint density at radius 2 is 2.27 bits per heavy atom. The molecule has 0 aliphatic carbocycles. The number of benzene rings is 1. The molecule has 0 saturated carbocycles. The van der Waals surface area contributed by atoms with Crippen LogP contribution in [-0.4, -0.2) is 52.6 Å². The first-order valence-corrected chi connectivity index (χ1v) is 8.82. The normalized spacial score (nSPS) is 14.9. The molecule has 26 heavy (non-hydrogen) atoms. The molecule has 0 unspecified atom stereocenters. The molecule has 2 heterocycles. The summed E-state index contributed by atoms with van der Waals surface area (Å²) in [6, 6.07) is 7.43. The fraction of sp³-hybridized carbons (Fsp3) is 0.500. The average Bonchev–Trinajstić information content (AvgIpc) is 3.00. The van der Waals surface area contributed by atoms with E-state index in [1.807, 2.05) is 35.8 Å².